The molecule has 0 bridgehead atoms. The first kappa shape index (κ1) is 24.4. The fourth-order valence-electron chi connectivity index (χ4n) is 4.46. The van der Waals surface area contributed by atoms with E-state index in [0.29, 0.717) is 11.8 Å². The first-order valence-electron chi connectivity index (χ1n) is 12.5. The second-order valence-electron chi connectivity index (χ2n) is 9.11. The van der Waals surface area contributed by atoms with Gasteiger partial charge in [0, 0.05) is 12.5 Å². The smallest absolute Gasteiger partial charge is 0.279 e. The first-order valence-corrected chi connectivity index (χ1v) is 13.3. The number of fused-ring (bicyclic) bond motifs is 1. The highest BCUT2D eigenvalue weighted by Crippen LogP contribution is 2.29. The molecule has 3 aromatic rings. The molecule has 1 aliphatic heterocycles. The van der Waals surface area contributed by atoms with Crippen LogP contribution in [0, 0.1) is 5.92 Å². The fraction of sp³-hybridized carbons (Fsp3) is 0.310. The molecule has 0 saturated carbocycles. The molecule has 7 heteroatoms. The van der Waals surface area contributed by atoms with E-state index < -0.39 is 0 Å². The Labute approximate surface area is 215 Å². The normalized spacial score (nSPS) is 16.9. The number of aromatic nitrogens is 1. The number of benzene rings is 2. The second kappa shape index (κ2) is 12.1. The molecule has 2 aromatic carbocycles. The van der Waals surface area contributed by atoms with Gasteiger partial charge in [0.15, 0.2) is 0 Å². The Morgan fingerprint density at radius 3 is 2.67 bits per heavy atom. The molecule has 2 heterocycles. The van der Waals surface area contributed by atoms with Crippen molar-refractivity contribution in [2.24, 2.45) is 5.92 Å². The van der Waals surface area contributed by atoms with Gasteiger partial charge in [0.05, 0.1) is 16.8 Å². The second-order valence-corrected chi connectivity index (χ2v) is 10.1. The van der Waals surface area contributed by atoms with Crippen LogP contribution in [0.15, 0.2) is 90.2 Å². The molecule has 1 fully saturated rings. The third kappa shape index (κ3) is 6.69. The molecule has 5 rings (SSSR count). The van der Waals surface area contributed by atoms with E-state index in [4.69, 9.17) is 9.57 Å². The average molecular weight is 502 g/mol. The van der Waals surface area contributed by atoms with Crippen LogP contribution in [0.1, 0.15) is 31.2 Å². The average Bonchev–Trinajstić information content (AvgIpc) is 3.19. The third-order valence-electron chi connectivity index (χ3n) is 6.57. The molecule has 2 aliphatic rings. The van der Waals surface area contributed by atoms with Crippen LogP contribution in [0.4, 0.5) is 0 Å². The Balaban J connectivity index is 1.02. The molecule has 6 nitrogen and oxygen atoms in total. The lowest BCUT2D eigenvalue weighted by Crippen LogP contribution is -2.40. The maximum absolute atomic E-state index is 12.5. The third-order valence-corrected chi connectivity index (χ3v) is 7.48. The molecule has 0 radical (unpaired) electrons. The minimum Gasteiger partial charge on any atom is -0.431 e. The highest BCUT2D eigenvalue weighted by atomic mass is 32.1. The van der Waals surface area contributed by atoms with E-state index >= 15 is 0 Å². The summed E-state index contributed by atoms with van der Waals surface area (Å²) in [5.41, 5.74) is 5.96. The lowest BCUT2D eigenvalue weighted by atomic mass is 9.96. The van der Waals surface area contributed by atoms with Crippen molar-refractivity contribution in [2.75, 3.05) is 19.6 Å². The first-order chi connectivity index (χ1) is 17.7. The molecule has 0 atom stereocenters. The van der Waals surface area contributed by atoms with Gasteiger partial charge in [-0.25, -0.2) is 10.5 Å². The van der Waals surface area contributed by atoms with Crippen LogP contribution in [0.25, 0.3) is 10.2 Å². The van der Waals surface area contributed by atoms with Gasteiger partial charge in [0.1, 0.15) is 5.76 Å². The predicted molar refractivity (Wildman–Crippen MR) is 143 cm³/mol. The number of para-hydroxylation sites is 1. The number of hydrogen-bond donors (Lipinski definition) is 1. The van der Waals surface area contributed by atoms with Crippen molar-refractivity contribution >= 4 is 27.5 Å². The van der Waals surface area contributed by atoms with Gasteiger partial charge in [-0.1, -0.05) is 71.5 Å². The largest absolute Gasteiger partial charge is 0.431 e. The lowest BCUT2D eigenvalue weighted by Gasteiger charge is -2.31. The molecular weight excluding hydrogens is 470 g/mol. The van der Waals surface area contributed by atoms with Crippen LogP contribution in [-0.4, -0.2) is 35.4 Å². The van der Waals surface area contributed by atoms with Crippen LogP contribution in [0.2, 0.25) is 0 Å². The number of ether oxygens (including phenoxy) is 1. The fourth-order valence-corrected chi connectivity index (χ4v) is 5.30. The van der Waals surface area contributed by atoms with Crippen LogP contribution >= 0.6 is 11.3 Å². The van der Waals surface area contributed by atoms with Gasteiger partial charge < -0.3 is 9.64 Å². The molecule has 0 spiro atoms. The van der Waals surface area contributed by atoms with Gasteiger partial charge in [0.25, 0.3) is 5.19 Å². The van der Waals surface area contributed by atoms with Crippen LogP contribution in [0.3, 0.4) is 0 Å². The number of likely N-dealkylation sites (tertiary alicyclic amines) is 1. The number of hydrogen-bond acceptors (Lipinski definition) is 6. The van der Waals surface area contributed by atoms with E-state index in [1.54, 1.807) is 11.3 Å². The summed E-state index contributed by atoms with van der Waals surface area (Å²) >= 11 is 1.56. The summed E-state index contributed by atoms with van der Waals surface area (Å²) in [6, 6.07) is 17.9. The van der Waals surface area contributed by atoms with Crippen molar-refractivity contribution in [3.05, 3.63) is 95.8 Å². The van der Waals surface area contributed by atoms with Crippen LogP contribution in [0.5, 0.6) is 5.19 Å². The number of nitrogens with one attached hydrogen (secondary N) is 1. The number of allylic oxidation sites excluding steroid dienone is 4. The van der Waals surface area contributed by atoms with Gasteiger partial charge in [-0.2, -0.15) is 0 Å². The van der Waals surface area contributed by atoms with Crippen molar-refractivity contribution in [1.29, 1.82) is 0 Å². The Morgan fingerprint density at radius 2 is 1.83 bits per heavy atom. The summed E-state index contributed by atoms with van der Waals surface area (Å²) in [5, 5.41) is 0.674. The molecule has 1 aliphatic carbocycles. The maximum Gasteiger partial charge on any atom is 0.279 e. The number of piperidine rings is 1. The number of carbonyl (C=O) groups is 1. The topological polar surface area (TPSA) is 63.7 Å². The highest BCUT2D eigenvalue weighted by molar-refractivity contribution is 7.20. The van der Waals surface area contributed by atoms with Crippen molar-refractivity contribution < 1.29 is 14.4 Å². The SMILES string of the molecule is O=C(NOCc1ccccc1)C1CCN(CCC2=CCC=C(Oc3nc4ccccc4s3)C=C2)CC1. The van der Waals surface area contributed by atoms with E-state index in [1.807, 2.05) is 54.6 Å². The van der Waals surface area contributed by atoms with E-state index in [0.717, 1.165) is 66.9 Å². The van der Waals surface area contributed by atoms with Crippen molar-refractivity contribution in [2.45, 2.75) is 32.3 Å². The zero-order valence-corrected chi connectivity index (χ0v) is 21.1. The number of carbonyl (C=O) groups excluding carboxylic acids is 1. The summed E-state index contributed by atoms with van der Waals surface area (Å²) in [4.78, 5) is 24.9. The number of thiazole rings is 1. The Hall–Kier alpha value is -3.26. The van der Waals surface area contributed by atoms with Gasteiger partial charge in [-0.3, -0.25) is 9.63 Å². The standard InChI is InChI=1S/C29H31N3O3S/c33-28(31-34-21-23-7-2-1-3-8-23)24-16-19-32(20-17-24)18-15-22-9-6-10-25(14-13-22)35-29-30-26-11-4-5-12-27(26)36-29/h1-5,7-14,24H,6,15-21H2,(H,31,33). The molecule has 186 valence electrons. The molecule has 1 saturated heterocycles. The Bertz CT molecular complexity index is 1220. The van der Waals surface area contributed by atoms with E-state index in [-0.39, 0.29) is 11.8 Å². The van der Waals surface area contributed by atoms with Crippen LogP contribution < -0.4 is 10.2 Å². The number of nitrogens with zero attached hydrogens (tertiary/aromatic N) is 2. The molecule has 1 N–H and O–H groups in total. The van der Waals surface area contributed by atoms with E-state index in [9.17, 15) is 4.79 Å². The summed E-state index contributed by atoms with van der Waals surface area (Å²) in [6.45, 7) is 3.23. The van der Waals surface area contributed by atoms with Crippen molar-refractivity contribution in [1.82, 2.24) is 15.4 Å². The van der Waals surface area contributed by atoms with Crippen molar-refractivity contribution in [3.8, 4) is 5.19 Å². The monoisotopic (exact) mass is 501 g/mol. The van der Waals surface area contributed by atoms with Crippen molar-refractivity contribution in [3.63, 3.8) is 0 Å². The number of amides is 1. The van der Waals surface area contributed by atoms with Gasteiger partial charge in [-0.05, 0) is 68.6 Å². The maximum atomic E-state index is 12.5. The molecule has 0 unspecified atom stereocenters. The lowest BCUT2D eigenvalue weighted by molar-refractivity contribution is -0.140. The highest BCUT2D eigenvalue weighted by Gasteiger charge is 2.25. The number of hydroxylamine groups is 1. The minimum absolute atomic E-state index is 0.00767. The summed E-state index contributed by atoms with van der Waals surface area (Å²) in [6.07, 6.45) is 12.1. The van der Waals surface area contributed by atoms with E-state index in [1.165, 1.54) is 5.57 Å². The summed E-state index contributed by atoms with van der Waals surface area (Å²) < 4.78 is 7.17. The zero-order chi connectivity index (χ0) is 24.6. The molecule has 1 aromatic heterocycles. The van der Waals surface area contributed by atoms with Gasteiger partial charge >= 0.3 is 0 Å². The zero-order valence-electron chi connectivity index (χ0n) is 20.3. The number of rotatable bonds is 9. The molecule has 1 amide bonds. The van der Waals surface area contributed by atoms with Crippen LogP contribution in [-0.2, 0) is 16.2 Å². The Kier molecular flexibility index (Phi) is 8.23. The van der Waals surface area contributed by atoms with E-state index in [2.05, 4.69) is 39.7 Å². The molecular formula is C29H31N3O3S. The minimum atomic E-state index is -0.00767. The summed E-state index contributed by atoms with van der Waals surface area (Å²) in [5.74, 6) is 0.841. The predicted octanol–water partition coefficient (Wildman–Crippen LogP) is 5.80. The quantitative estimate of drug-likeness (QED) is 0.376. The summed E-state index contributed by atoms with van der Waals surface area (Å²) in [7, 11) is 0. The van der Waals surface area contributed by atoms with Gasteiger partial charge in [0.2, 0.25) is 5.91 Å². The molecule has 36 heavy (non-hydrogen) atoms. The van der Waals surface area contributed by atoms with Gasteiger partial charge in [-0.15, -0.1) is 0 Å². The Morgan fingerprint density at radius 1 is 1.03 bits per heavy atom.